The van der Waals surface area contributed by atoms with Gasteiger partial charge in [-0.2, -0.15) is 0 Å². The molecule has 7 heteroatoms. The molecule has 0 fully saturated rings. The number of carboxylic acids is 1. The van der Waals surface area contributed by atoms with E-state index in [4.69, 9.17) is 4.98 Å². The number of hydrogen-bond acceptors (Lipinski definition) is 4. The van der Waals surface area contributed by atoms with Crippen LogP contribution < -0.4 is 10.6 Å². The molecule has 0 aliphatic heterocycles. The molecule has 0 radical (unpaired) electrons. The molecular formula is C25H32N4O3. The van der Waals surface area contributed by atoms with Crippen LogP contribution in [-0.4, -0.2) is 32.4 Å². The van der Waals surface area contributed by atoms with Gasteiger partial charge in [-0.1, -0.05) is 64.4 Å². The van der Waals surface area contributed by atoms with Crippen molar-refractivity contribution in [2.75, 3.05) is 5.32 Å². The molecule has 1 aromatic carbocycles. The highest BCUT2D eigenvalue weighted by atomic mass is 16.4. The van der Waals surface area contributed by atoms with Crippen molar-refractivity contribution in [2.45, 2.75) is 53.1 Å². The van der Waals surface area contributed by atoms with Gasteiger partial charge in [0.2, 0.25) is 0 Å². The molecule has 0 bridgehead atoms. The summed E-state index contributed by atoms with van der Waals surface area (Å²) in [4.78, 5) is 29.1. The number of aliphatic carboxylic acids is 1. The number of amides is 1. The van der Waals surface area contributed by atoms with Crippen LogP contribution in [0.3, 0.4) is 0 Å². The second-order valence-corrected chi connectivity index (χ2v) is 8.66. The summed E-state index contributed by atoms with van der Waals surface area (Å²) in [5.41, 5.74) is 3.15. The fourth-order valence-electron chi connectivity index (χ4n) is 3.64. The molecule has 32 heavy (non-hydrogen) atoms. The van der Waals surface area contributed by atoms with Crippen molar-refractivity contribution in [1.29, 1.82) is 0 Å². The number of carboxylic acid groups (broad SMARTS) is 1. The smallest absolute Gasteiger partial charge is 0.326 e. The van der Waals surface area contributed by atoms with E-state index >= 15 is 0 Å². The monoisotopic (exact) mass is 436 g/mol. The van der Waals surface area contributed by atoms with Gasteiger partial charge < -0.3 is 15.7 Å². The van der Waals surface area contributed by atoms with E-state index in [0.29, 0.717) is 30.1 Å². The number of rotatable bonds is 10. The largest absolute Gasteiger partial charge is 0.480 e. The second kappa shape index (κ2) is 10.3. The Morgan fingerprint density at radius 3 is 2.47 bits per heavy atom. The highest BCUT2D eigenvalue weighted by Crippen LogP contribution is 2.23. The summed E-state index contributed by atoms with van der Waals surface area (Å²) in [5, 5.41) is 15.6. The van der Waals surface area contributed by atoms with Crippen LogP contribution in [0.2, 0.25) is 0 Å². The van der Waals surface area contributed by atoms with Gasteiger partial charge in [0.15, 0.2) is 0 Å². The summed E-state index contributed by atoms with van der Waals surface area (Å²) in [6.45, 7) is 8.68. The first-order valence-corrected chi connectivity index (χ1v) is 11.1. The van der Waals surface area contributed by atoms with E-state index in [0.717, 1.165) is 17.9 Å². The molecule has 3 N–H and O–H groups in total. The summed E-state index contributed by atoms with van der Waals surface area (Å²) in [6.07, 6.45) is 3.27. The number of benzene rings is 1. The Bertz CT molecular complexity index is 1080. The quantitative estimate of drug-likeness (QED) is 0.438. The molecule has 2 unspecified atom stereocenters. The standard InChI is InChI=1S/C25H32N4O3/c1-5-17(4)22(25(31)32)28-24(30)19-11-12-29-21(14-19)27-20(13-16(2)3)23(29)26-15-18-9-7-6-8-10-18/h6-12,14,16-17,22,26H,5,13,15H2,1-4H3,(H,28,30)(H,31,32). The van der Waals surface area contributed by atoms with Crippen LogP contribution in [0, 0.1) is 11.8 Å². The molecular weight excluding hydrogens is 404 g/mol. The van der Waals surface area contributed by atoms with Gasteiger partial charge in [-0.3, -0.25) is 9.20 Å². The Morgan fingerprint density at radius 2 is 1.84 bits per heavy atom. The Morgan fingerprint density at radius 1 is 1.12 bits per heavy atom. The van der Waals surface area contributed by atoms with Crippen molar-refractivity contribution < 1.29 is 14.7 Å². The van der Waals surface area contributed by atoms with Gasteiger partial charge >= 0.3 is 5.97 Å². The third-order valence-electron chi connectivity index (χ3n) is 5.63. The zero-order valence-corrected chi connectivity index (χ0v) is 19.1. The van der Waals surface area contributed by atoms with Crippen LogP contribution in [0.5, 0.6) is 0 Å². The van der Waals surface area contributed by atoms with Crippen LogP contribution in [-0.2, 0) is 17.8 Å². The van der Waals surface area contributed by atoms with E-state index in [1.807, 2.05) is 42.6 Å². The van der Waals surface area contributed by atoms with E-state index in [2.05, 4.69) is 36.6 Å². The lowest BCUT2D eigenvalue weighted by atomic mass is 9.99. The molecule has 1 amide bonds. The molecule has 0 saturated heterocycles. The van der Waals surface area contributed by atoms with Crippen molar-refractivity contribution in [3.63, 3.8) is 0 Å². The molecule has 7 nitrogen and oxygen atoms in total. The summed E-state index contributed by atoms with van der Waals surface area (Å²) in [6, 6.07) is 12.6. The van der Waals surface area contributed by atoms with E-state index in [-0.39, 0.29) is 5.92 Å². The Balaban J connectivity index is 1.89. The summed E-state index contributed by atoms with van der Waals surface area (Å²) < 4.78 is 1.95. The normalized spacial score (nSPS) is 13.2. The maximum atomic E-state index is 12.8. The molecule has 0 spiro atoms. The first-order valence-electron chi connectivity index (χ1n) is 11.1. The van der Waals surface area contributed by atoms with Crippen molar-refractivity contribution in [2.24, 2.45) is 11.8 Å². The molecule has 3 aromatic rings. The van der Waals surface area contributed by atoms with Crippen molar-refractivity contribution in [3.8, 4) is 0 Å². The molecule has 2 atom stereocenters. The minimum Gasteiger partial charge on any atom is -0.480 e. The van der Waals surface area contributed by atoms with E-state index in [9.17, 15) is 14.7 Å². The second-order valence-electron chi connectivity index (χ2n) is 8.66. The van der Waals surface area contributed by atoms with Gasteiger partial charge in [0, 0.05) is 18.3 Å². The van der Waals surface area contributed by atoms with Crippen LogP contribution in [0.25, 0.3) is 5.65 Å². The van der Waals surface area contributed by atoms with E-state index in [1.165, 1.54) is 5.56 Å². The fraction of sp³-hybridized carbons (Fsp3) is 0.400. The lowest BCUT2D eigenvalue weighted by Crippen LogP contribution is -2.45. The number of pyridine rings is 1. The van der Waals surface area contributed by atoms with Gasteiger partial charge in [-0.25, -0.2) is 9.78 Å². The van der Waals surface area contributed by atoms with Gasteiger partial charge in [0.05, 0.1) is 5.69 Å². The lowest BCUT2D eigenvalue weighted by molar-refractivity contribution is -0.140. The topological polar surface area (TPSA) is 95.7 Å². The number of fused-ring (bicyclic) bond motifs is 1. The van der Waals surface area contributed by atoms with Gasteiger partial charge in [-0.15, -0.1) is 0 Å². The molecule has 2 aromatic heterocycles. The molecule has 0 saturated carbocycles. The van der Waals surface area contributed by atoms with Crippen LogP contribution in [0.4, 0.5) is 5.82 Å². The van der Waals surface area contributed by atoms with Crippen molar-refractivity contribution in [3.05, 3.63) is 65.5 Å². The third-order valence-corrected chi connectivity index (χ3v) is 5.63. The molecule has 0 aliphatic carbocycles. The first kappa shape index (κ1) is 23.3. The molecule has 2 heterocycles. The van der Waals surface area contributed by atoms with Crippen LogP contribution in [0.1, 0.15) is 55.7 Å². The highest BCUT2D eigenvalue weighted by Gasteiger charge is 2.26. The van der Waals surface area contributed by atoms with Crippen LogP contribution in [0.15, 0.2) is 48.7 Å². The number of carbonyl (C=O) groups excluding carboxylic acids is 1. The fourth-order valence-corrected chi connectivity index (χ4v) is 3.64. The average molecular weight is 437 g/mol. The van der Waals surface area contributed by atoms with Crippen LogP contribution >= 0.6 is 0 Å². The maximum Gasteiger partial charge on any atom is 0.326 e. The number of nitrogens with zero attached hydrogens (tertiary/aromatic N) is 2. The number of anilines is 1. The zero-order chi connectivity index (χ0) is 23.3. The summed E-state index contributed by atoms with van der Waals surface area (Å²) in [7, 11) is 0. The minimum atomic E-state index is -1.03. The number of hydrogen-bond donors (Lipinski definition) is 3. The Hall–Kier alpha value is -3.35. The van der Waals surface area contributed by atoms with Crippen molar-refractivity contribution >= 4 is 23.3 Å². The summed E-state index contributed by atoms with van der Waals surface area (Å²) >= 11 is 0. The van der Waals surface area contributed by atoms with Crippen molar-refractivity contribution in [1.82, 2.24) is 14.7 Å². The number of imidazole rings is 1. The first-order chi connectivity index (χ1) is 15.3. The SMILES string of the molecule is CCC(C)C(NC(=O)c1ccn2c(NCc3ccccc3)c(CC(C)C)nc2c1)C(=O)O. The Labute approximate surface area is 188 Å². The maximum absolute atomic E-state index is 12.8. The molecule has 170 valence electrons. The van der Waals surface area contributed by atoms with Gasteiger partial charge in [0.25, 0.3) is 5.91 Å². The average Bonchev–Trinajstić information content (AvgIpc) is 3.11. The Kier molecular flexibility index (Phi) is 7.51. The zero-order valence-electron chi connectivity index (χ0n) is 19.1. The molecule has 0 aliphatic rings. The lowest BCUT2D eigenvalue weighted by Gasteiger charge is -2.20. The minimum absolute atomic E-state index is 0.168. The van der Waals surface area contributed by atoms with E-state index < -0.39 is 17.9 Å². The third kappa shape index (κ3) is 5.46. The van der Waals surface area contributed by atoms with Gasteiger partial charge in [0.1, 0.15) is 17.5 Å². The predicted octanol–water partition coefficient (Wildman–Crippen LogP) is 4.37. The molecule has 3 rings (SSSR count). The highest BCUT2D eigenvalue weighted by molar-refractivity contribution is 5.97. The van der Waals surface area contributed by atoms with E-state index in [1.54, 1.807) is 12.1 Å². The van der Waals surface area contributed by atoms with Gasteiger partial charge in [-0.05, 0) is 36.0 Å². The number of aromatic nitrogens is 2. The summed E-state index contributed by atoms with van der Waals surface area (Å²) in [5.74, 6) is -0.272. The number of carbonyl (C=O) groups is 2. The number of nitrogens with one attached hydrogen (secondary N) is 2. The predicted molar refractivity (Wildman–Crippen MR) is 126 cm³/mol.